The molecule has 0 aromatic heterocycles. The molecule has 0 saturated carbocycles. The molecule has 1 aliphatic rings. The van der Waals surface area contributed by atoms with Crippen molar-refractivity contribution in [1.29, 1.82) is 0 Å². The van der Waals surface area contributed by atoms with E-state index in [0.717, 1.165) is 6.42 Å². The number of aldehydes is 1. The lowest BCUT2D eigenvalue weighted by Gasteiger charge is -2.35. The van der Waals surface area contributed by atoms with Gasteiger partial charge in [-0.25, -0.2) is 0 Å². The minimum atomic E-state index is -0.792. The van der Waals surface area contributed by atoms with Gasteiger partial charge in [-0.2, -0.15) is 0 Å². The molecule has 3 atom stereocenters. The molecule has 2 amide bonds. The molecule has 1 heterocycles. The van der Waals surface area contributed by atoms with Crippen molar-refractivity contribution in [3.8, 4) is 0 Å². The lowest BCUT2D eigenvalue weighted by molar-refractivity contribution is -0.143. The van der Waals surface area contributed by atoms with E-state index in [9.17, 15) is 19.5 Å². The van der Waals surface area contributed by atoms with Crippen molar-refractivity contribution in [2.45, 2.75) is 91.5 Å². The lowest BCUT2D eigenvalue weighted by Crippen LogP contribution is -2.56. The van der Waals surface area contributed by atoms with Gasteiger partial charge < -0.3 is 24.9 Å². The zero-order valence-electron chi connectivity index (χ0n) is 18.4. The number of carbonyl (C=O) groups is 3. The first kappa shape index (κ1) is 24.6. The zero-order valence-corrected chi connectivity index (χ0v) is 18.4. The molecule has 2 N–H and O–H groups in total. The summed E-state index contributed by atoms with van der Waals surface area (Å²) in [5, 5.41) is 12.7. The Hall–Kier alpha value is -1.47. The van der Waals surface area contributed by atoms with E-state index in [1.165, 1.54) is 4.90 Å². The molecule has 1 fully saturated rings. The topological polar surface area (TPSA) is 95.9 Å². The van der Waals surface area contributed by atoms with E-state index in [1.807, 2.05) is 34.6 Å². The monoisotopic (exact) mass is 398 g/mol. The first-order valence-electron chi connectivity index (χ1n) is 10.1. The number of amides is 2. The van der Waals surface area contributed by atoms with Crippen LogP contribution in [0.25, 0.3) is 0 Å². The highest BCUT2D eigenvalue weighted by Crippen LogP contribution is 2.26. The van der Waals surface area contributed by atoms with Crippen LogP contribution >= 0.6 is 0 Å². The lowest BCUT2D eigenvalue weighted by atomic mass is 9.85. The van der Waals surface area contributed by atoms with Gasteiger partial charge in [0, 0.05) is 19.6 Å². The normalized spacial score (nSPS) is 21.7. The summed E-state index contributed by atoms with van der Waals surface area (Å²) in [7, 11) is 0. The van der Waals surface area contributed by atoms with E-state index in [-0.39, 0.29) is 31.2 Å². The SMILES string of the molecule is CC(C)CCOC(C)(C)CC(=O)NC(C(=O)N1CC(O)CC1C=O)C(C)(C)C. The number of aliphatic hydroxyl groups excluding tert-OH is 1. The molecule has 1 rings (SSSR count). The second-order valence-electron chi connectivity index (χ2n) is 9.92. The number of hydrogen-bond acceptors (Lipinski definition) is 5. The van der Waals surface area contributed by atoms with Crippen molar-refractivity contribution in [3.05, 3.63) is 0 Å². The summed E-state index contributed by atoms with van der Waals surface area (Å²) in [4.78, 5) is 38.4. The Bertz CT molecular complexity index is 553. The molecule has 7 nitrogen and oxygen atoms in total. The fraction of sp³-hybridized carbons (Fsp3) is 0.857. The van der Waals surface area contributed by atoms with Gasteiger partial charge in [-0.05, 0) is 31.6 Å². The molecule has 1 saturated heterocycles. The van der Waals surface area contributed by atoms with Crippen LogP contribution < -0.4 is 5.32 Å². The second kappa shape index (κ2) is 9.83. The Kier molecular flexibility index (Phi) is 8.63. The average Bonchev–Trinajstić information content (AvgIpc) is 2.90. The molecule has 0 aromatic rings. The largest absolute Gasteiger partial charge is 0.391 e. The van der Waals surface area contributed by atoms with E-state index in [2.05, 4.69) is 19.2 Å². The van der Waals surface area contributed by atoms with Gasteiger partial charge in [-0.1, -0.05) is 34.6 Å². The van der Waals surface area contributed by atoms with Gasteiger partial charge in [0.15, 0.2) is 0 Å². The number of ether oxygens (including phenoxy) is 1. The number of hydrogen-bond donors (Lipinski definition) is 2. The molecule has 0 aromatic carbocycles. The fourth-order valence-corrected chi connectivity index (χ4v) is 3.26. The van der Waals surface area contributed by atoms with Crippen molar-refractivity contribution < 1.29 is 24.2 Å². The van der Waals surface area contributed by atoms with E-state index in [1.54, 1.807) is 0 Å². The van der Waals surface area contributed by atoms with Crippen molar-refractivity contribution in [3.63, 3.8) is 0 Å². The van der Waals surface area contributed by atoms with Crippen molar-refractivity contribution in [2.75, 3.05) is 13.2 Å². The predicted octanol–water partition coefficient (Wildman–Crippen LogP) is 1.91. The number of β-amino-alcohol motifs (C(OH)–C–C–N with tert-alkyl or cyclic N) is 1. The van der Waals surface area contributed by atoms with Crippen LogP contribution in [0.15, 0.2) is 0 Å². The Morgan fingerprint density at radius 3 is 2.36 bits per heavy atom. The Balaban J connectivity index is 2.79. The minimum absolute atomic E-state index is 0.106. The summed E-state index contributed by atoms with van der Waals surface area (Å²) in [6.45, 7) is 14.2. The van der Waals surface area contributed by atoms with Crippen LogP contribution in [-0.2, 0) is 19.1 Å². The Morgan fingerprint density at radius 2 is 1.86 bits per heavy atom. The highest BCUT2D eigenvalue weighted by Gasteiger charge is 2.42. The second-order valence-corrected chi connectivity index (χ2v) is 9.92. The highest BCUT2D eigenvalue weighted by atomic mass is 16.5. The van der Waals surface area contributed by atoms with Gasteiger partial charge in [0.25, 0.3) is 0 Å². The minimum Gasteiger partial charge on any atom is -0.391 e. The van der Waals surface area contributed by atoms with E-state index in [0.29, 0.717) is 18.8 Å². The summed E-state index contributed by atoms with van der Waals surface area (Å²) in [6.07, 6.45) is 1.24. The van der Waals surface area contributed by atoms with Crippen LogP contribution in [0.3, 0.4) is 0 Å². The Morgan fingerprint density at radius 1 is 1.25 bits per heavy atom. The van der Waals surface area contributed by atoms with E-state index < -0.39 is 29.2 Å². The molecule has 7 heteroatoms. The van der Waals surface area contributed by atoms with Crippen LogP contribution in [0.2, 0.25) is 0 Å². The first-order valence-corrected chi connectivity index (χ1v) is 10.1. The quantitative estimate of drug-likeness (QED) is 0.579. The number of likely N-dealkylation sites (tertiary alicyclic amines) is 1. The molecule has 162 valence electrons. The van der Waals surface area contributed by atoms with Gasteiger partial charge in [-0.3, -0.25) is 9.59 Å². The molecule has 0 bridgehead atoms. The van der Waals surface area contributed by atoms with Gasteiger partial charge in [0.1, 0.15) is 12.3 Å². The fourth-order valence-electron chi connectivity index (χ4n) is 3.26. The van der Waals surface area contributed by atoms with Crippen molar-refractivity contribution in [1.82, 2.24) is 10.2 Å². The maximum Gasteiger partial charge on any atom is 0.246 e. The number of carbonyl (C=O) groups excluding carboxylic acids is 3. The van der Waals surface area contributed by atoms with Crippen LogP contribution in [0.1, 0.15) is 67.7 Å². The first-order chi connectivity index (χ1) is 12.8. The van der Waals surface area contributed by atoms with Gasteiger partial charge in [-0.15, -0.1) is 0 Å². The van der Waals surface area contributed by atoms with Crippen LogP contribution in [0.4, 0.5) is 0 Å². The third kappa shape index (κ3) is 7.51. The molecular formula is C21H38N2O5. The predicted molar refractivity (Wildman–Crippen MR) is 108 cm³/mol. The summed E-state index contributed by atoms with van der Waals surface area (Å²) in [5.74, 6) is -0.0904. The third-order valence-corrected chi connectivity index (χ3v) is 4.95. The van der Waals surface area contributed by atoms with Crippen LogP contribution in [0, 0.1) is 11.3 Å². The Labute approximate surface area is 169 Å². The third-order valence-electron chi connectivity index (χ3n) is 4.95. The average molecular weight is 399 g/mol. The zero-order chi connectivity index (χ0) is 21.7. The highest BCUT2D eigenvalue weighted by molar-refractivity contribution is 5.90. The molecule has 0 aliphatic carbocycles. The number of rotatable bonds is 9. The van der Waals surface area contributed by atoms with Crippen molar-refractivity contribution in [2.24, 2.45) is 11.3 Å². The van der Waals surface area contributed by atoms with E-state index >= 15 is 0 Å². The van der Waals surface area contributed by atoms with Gasteiger partial charge in [0.2, 0.25) is 11.8 Å². The maximum atomic E-state index is 13.1. The molecule has 0 spiro atoms. The standard InChI is InChI=1S/C21H38N2O5/c1-14(2)8-9-28-21(6,7)11-17(26)22-18(20(3,4)5)19(27)23-12-16(25)10-15(23)13-24/h13-16,18,25H,8-12H2,1-7H3,(H,22,26). The number of nitrogens with one attached hydrogen (secondary N) is 1. The molecule has 0 radical (unpaired) electrons. The maximum absolute atomic E-state index is 13.1. The van der Waals surface area contributed by atoms with Crippen molar-refractivity contribution >= 4 is 18.1 Å². The van der Waals surface area contributed by atoms with Gasteiger partial charge >= 0.3 is 0 Å². The smallest absolute Gasteiger partial charge is 0.246 e. The van der Waals surface area contributed by atoms with Gasteiger partial charge in [0.05, 0.1) is 24.2 Å². The number of aliphatic hydroxyl groups is 1. The number of nitrogens with zero attached hydrogens (tertiary/aromatic N) is 1. The molecule has 3 unspecified atom stereocenters. The van der Waals surface area contributed by atoms with Crippen LogP contribution in [-0.4, -0.2) is 65.0 Å². The van der Waals surface area contributed by atoms with E-state index in [4.69, 9.17) is 4.74 Å². The summed E-state index contributed by atoms with van der Waals surface area (Å²) in [5.41, 5.74) is -1.18. The molecule has 28 heavy (non-hydrogen) atoms. The summed E-state index contributed by atoms with van der Waals surface area (Å²) < 4.78 is 5.85. The summed E-state index contributed by atoms with van der Waals surface area (Å²) >= 11 is 0. The summed E-state index contributed by atoms with van der Waals surface area (Å²) in [6, 6.07) is -1.45. The molecule has 1 aliphatic heterocycles. The van der Waals surface area contributed by atoms with Crippen LogP contribution in [0.5, 0.6) is 0 Å². The molecular weight excluding hydrogens is 360 g/mol.